The average Bonchev–Trinajstić information content (AvgIpc) is 2.88. The van der Waals surface area contributed by atoms with Gasteiger partial charge in [0.1, 0.15) is 5.01 Å². The SMILES string of the molecule is COC(C)(c1cccs1)c1nccs1. The Kier molecular flexibility index (Phi) is 2.67. The smallest absolute Gasteiger partial charge is 0.150 e. The van der Waals surface area contributed by atoms with E-state index in [1.807, 2.05) is 17.6 Å². The Balaban J connectivity index is 2.45. The zero-order chi connectivity index (χ0) is 10.0. The number of hydrogen-bond donors (Lipinski definition) is 0. The first-order valence-corrected chi connectivity index (χ1v) is 6.02. The van der Waals surface area contributed by atoms with Gasteiger partial charge in [-0.1, -0.05) is 6.07 Å². The van der Waals surface area contributed by atoms with E-state index in [9.17, 15) is 0 Å². The monoisotopic (exact) mass is 225 g/mol. The highest BCUT2D eigenvalue weighted by molar-refractivity contribution is 7.11. The standard InChI is InChI=1S/C10H11NOS2/c1-10(12-2,8-4-3-6-13-8)9-11-5-7-14-9/h3-7H,1-2H3. The van der Waals surface area contributed by atoms with Crippen molar-refractivity contribution < 1.29 is 4.74 Å². The van der Waals surface area contributed by atoms with Crippen LogP contribution in [0.15, 0.2) is 29.1 Å². The molecule has 0 spiro atoms. The molecule has 2 heterocycles. The maximum Gasteiger partial charge on any atom is 0.150 e. The van der Waals surface area contributed by atoms with Gasteiger partial charge in [-0.3, -0.25) is 0 Å². The number of aromatic nitrogens is 1. The van der Waals surface area contributed by atoms with Crippen molar-refractivity contribution in [2.45, 2.75) is 12.5 Å². The largest absolute Gasteiger partial charge is 0.366 e. The molecule has 0 aliphatic heterocycles. The molecule has 0 bridgehead atoms. The molecule has 1 unspecified atom stereocenters. The van der Waals surface area contributed by atoms with E-state index < -0.39 is 0 Å². The van der Waals surface area contributed by atoms with E-state index in [0.717, 1.165) is 5.01 Å². The van der Waals surface area contributed by atoms with Crippen LogP contribution in [-0.2, 0) is 10.3 Å². The van der Waals surface area contributed by atoms with Gasteiger partial charge < -0.3 is 4.74 Å². The Bertz CT molecular complexity index is 346. The molecule has 2 rings (SSSR count). The summed E-state index contributed by atoms with van der Waals surface area (Å²) in [5, 5.41) is 5.03. The third-order valence-corrected chi connectivity index (χ3v) is 4.29. The topological polar surface area (TPSA) is 22.1 Å². The van der Waals surface area contributed by atoms with Crippen molar-refractivity contribution in [1.82, 2.24) is 4.98 Å². The van der Waals surface area contributed by atoms with Crippen LogP contribution < -0.4 is 0 Å². The number of methoxy groups -OCH3 is 1. The van der Waals surface area contributed by atoms with Crippen LogP contribution in [0.4, 0.5) is 0 Å². The summed E-state index contributed by atoms with van der Waals surface area (Å²) in [7, 11) is 1.72. The van der Waals surface area contributed by atoms with Gasteiger partial charge in [-0.05, 0) is 18.4 Å². The summed E-state index contributed by atoms with van der Waals surface area (Å²) in [6.07, 6.45) is 1.81. The quantitative estimate of drug-likeness (QED) is 0.800. The summed E-state index contributed by atoms with van der Waals surface area (Å²) >= 11 is 3.32. The van der Waals surface area contributed by atoms with E-state index in [0.29, 0.717) is 0 Å². The summed E-state index contributed by atoms with van der Waals surface area (Å²) in [6, 6.07) is 4.11. The molecule has 0 aliphatic rings. The minimum absolute atomic E-state index is 0.387. The average molecular weight is 225 g/mol. The maximum absolute atomic E-state index is 5.58. The van der Waals surface area contributed by atoms with Crippen LogP contribution >= 0.6 is 22.7 Å². The van der Waals surface area contributed by atoms with Crippen molar-refractivity contribution >= 4 is 22.7 Å². The van der Waals surface area contributed by atoms with Gasteiger partial charge in [0.05, 0.1) is 0 Å². The molecular formula is C10H11NOS2. The molecule has 2 aromatic heterocycles. The second kappa shape index (κ2) is 3.81. The van der Waals surface area contributed by atoms with Gasteiger partial charge in [0.15, 0.2) is 5.60 Å². The third-order valence-electron chi connectivity index (χ3n) is 2.24. The Hall–Kier alpha value is -0.710. The maximum atomic E-state index is 5.58. The molecule has 0 amide bonds. The summed E-state index contributed by atoms with van der Waals surface area (Å²) < 4.78 is 5.58. The molecule has 2 nitrogen and oxygen atoms in total. The van der Waals surface area contributed by atoms with Crippen molar-refractivity contribution in [1.29, 1.82) is 0 Å². The van der Waals surface area contributed by atoms with Crippen molar-refractivity contribution in [3.8, 4) is 0 Å². The van der Waals surface area contributed by atoms with Gasteiger partial charge in [0.2, 0.25) is 0 Å². The molecule has 0 N–H and O–H groups in total. The summed E-state index contributed by atoms with van der Waals surface area (Å²) in [5.74, 6) is 0. The van der Waals surface area contributed by atoms with E-state index >= 15 is 0 Å². The van der Waals surface area contributed by atoms with Crippen molar-refractivity contribution in [2.24, 2.45) is 0 Å². The number of hydrogen-bond acceptors (Lipinski definition) is 4. The molecule has 0 radical (unpaired) electrons. The number of thiophene rings is 1. The highest BCUT2D eigenvalue weighted by Gasteiger charge is 2.32. The number of ether oxygens (including phenoxy) is 1. The fourth-order valence-electron chi connectivity index (χ4n) is 1.30. The highest BCUT2D eigenvalue weighted by atomic mass is 32.1. The van der Waals surface area contributed by atoms with Crippen LogP contribution in [0.3, 0.4) is 0 Å². The molecular weight excluding hydrogens is 214 g/mol. The molecule has 74 valence electrons. The Morgan fingerprint density at radius 3 is 2.71 bits per heavy atom. The molecule has 14 heavy (non-hydrogen) atoms. The molecule has 4 heteroatoms. The minimum Gasteiger partial charge on any atom is -0.366 e. The first-order valence-electron chi connectivity index (χ1n) is 4.26. The normalized spacial score (nSPS) is 15.3. The zero-order valence-electron chi connectivity index (χ0n) is 8.06. The van der Waals surface area contributed by atoms with Crippen LogP contribution in [-0.4, -0.2) is 12.1 Å². The lowest BCUT2D eigenvalue weighted by Crippen LogP contribution is -2.24. The summed E-state index contributed by atoms with van der Waals surface area (Å²) in [6.45, 7) is 2.05. The van der Waals surface area contributed by atoms with Gasteiger partial charge in [0.25, 0.3) is 0 Å². The second-order valence-electron chi connectivity index (χ2n) is 3.05. The molecule has 0 saturated heterocycles. The van der Waals surface area contributed by atoms with Crippen LogP contribution in [0.1, 0.15) is 16.8 Å². The Labute approximate surface area is 91.2 Å². The van der Waals surface area contributed by atoms with Crippen LogP contribution in [0.5, 0.6) is 0 Å². The van der Waals surface area contributed by atoms with Crippen molar-refractivity contribution in [2.75, 3.05) is 7.11 Å². The van der Waals surface area contributed by atoms with E-state index in [1.54, 1.807) is 29.8 Å². The van der Waals surface area contributed by atoms with E-state index in [4.69, 9.17) is 4.74 Å². The van der Waals surface area contributed by atoms with Gasteiger partial charge in [-0.15, -0.1) is 22.7 Å². The number of nitrogens with zero attached hydrogens (tertiary/aromatic N) is 1. The Morgan fingerprint density at radius 1 is 1.36 bits per heavy atom. The van der Waals surface area contributed by atoms with Gasteiger partial charge in [-0.25, -0.2) is 4.98 Å². The summed E-state index contributed by atoms with van der Waals surface area (Å²) in [5.41, 5.74) is -0.387. The van der Waals surface area contributed by atoms with Gasteiger partial charge >= 0.3 is 0 Å². The van der Waals surface area contributed by atoms with Crippen LogP contribution in [0.25, 0.3) is 0 Å². The predicted octanol–water partition coefficient (Wildman–Crippen LogP) is 3.11. The van der Waals surface area contributed by atoms with E-state index in [2.05, 4.69) is 23.4 Å². The summed E-state index contributed by atoms with van der Waals surface area (Å²) in [4.78, 5) is 5.51. The number of rotatable bonds is 3. The second-order valence-corrected chi connectivity index (χ2v) is 4.89. The predicted molar refractivity (Wildman–Crippen MR) is 59.9 cm³/mol. The Morgan fingerprint density at radius 2 is 2.21 bits per heavy atom. The van der Waals surface area contributed by atoms with E-state index in [-0.39, 0.29) is 5.60 Å². The first-order chi connectivity index (χ1) is 6.77. The molecule has 0 aromatic carbocycles. The molecule has 0 aliphatic carbocycles. The van der Waals surface area contributed by atoms with E-state index in [1.165, 1.54) is 4.88 Å². The third kappa shape index (κ3) is 1.49. The number of thiazole rings is 1. The lowest BCUT2D eigenvalue weighted by molar-refractivity contribution is 0.0420. The van der Waals surface area contributed by atoms with Crippen LogP contribution in [0, 0.1) is 0 Å². The van der Waals surface area contributed by atoms with Gasteiger partial charge in [0, 0.05) is 23.6 Å². The van der Waals surface area contributed by atoms with Crippen molar-refractivity contribution in [3.05, 3.63) is 39.0 Å². The molecule has 2 aromatic rings. The lowest BCUT2D eigenvalue weighted by Gasteiger charge is -2.24. The molecule has 0 saturated carbocycles. The fraction of sp³-hybridized carbons (Fsp3) is 0.300. The molecule has 0 fully saturated rings. The highest BCUT2D eigenvalue weighted by Crippen LogP contribution is 2.36. The lowest BCUT2D eigenvalue weighted by atomic mass is 10.1. The minimum atomic E-state index is -0.387. The first kappa shape index (κ1) is 9.83. The van der Waals surface area contributed by atoms with Gasteiger partial charge in [-0.2, -0.15) is 0 Å². The zero-order valence-corrected chi connectivity index (χ0v) is 9.69. The van der Waals surface area contributed by atoms with Crippen LogP contribution in [0.2, 0.25) is 0 Å². The fourth-order valence-corrected chi connectivity index (χ4v) is 3.02. The van der Waals surface area contributed by atoms with Crippen molar-refractivity contribution in [3.63, 3.8) is 0 Å². The molecule has 1 atom stereocenters.